The fourth-order valence-corrected chi connectivity index (χ4v) is 6.42. The van der Waals surface area contributed by atoms with E-state index in [-0.39, 0.29) is 17.9 Å². The summed E-state index contributed by atoms with van der Waals surface area (Å²) in [5, 5.41) is 15.4. The number of carbonyl (C=O) groups excluding carboxylic acids is 1. The molecule has 2 fully saturated rings. The monoisotopic (exact) mass is 560 g/mol. The van der Waals surface area contributed by atoms with Crippen LogP contribution in [0.25, 0.3) is 39.1 Å². The van der Waals surface area contributed by atoms with Gasteiger partial charge in [-0.2, -0.15) is 9.61 Å². The number of aliphatic hydroxyl groups excluding tert-OH is 1. The first-order valence-electron chi connectivity index (χ1n) is 15.0. The Morgan fingerprint density at radius 3 is 2.38 bits per heavy atom. The number of aryl methyl sites for hydroxylation is 1. The zero-order chi connectivity index (χ0) is 28.6. The van der Waals surface area contributed by atoms with Gasteiger partial charge in [-0.1, -0.05) is 54.6 Å². The maximum atomic E-state index is 13.0. The molecule has 42 heavy (non-hydrogen) atoms. The van der Waals surface area contributed by atoms with Gasteiger partial charge < -0.3 is 10.0 Å². The van der Waals surface area contributed by atoms with Crippen molar-refractivity contribution in [2.75, 3.05) is 26.2 Å². The molecule has 0 unspecified atom stereocenters. The van der Waals surface area contributed by atoms with E-state index in [1.807, 2.05) is 34.7 Å². The number of carbonyl (C=O) groups is 1. The highest BCUT2D eigenvalue weighted by molar-refractivity contribution is 5.90. The van der Waals surface area contributed by atoms with Gasteiger partial charge in [0.2, 0.25) is 5.91 Å². The molecule has 1 amide bonds. The minimum atomic E-state index is -0.252. The summed E-state index contributed by atoms with van der Waals surface area (Å²) in [7, 11) is 0. The maximum Gasteiger partial charge on any atom is 0.225 e. The molecule has 0 aliphatic carbocycles. The molecule has 0 atom stereocenters. The first-order chi connectivity index (χ1) is 20.5. The van der Waals surface area contributed by atoms with Gasteiger partial charge in [-0.15, -0.1) is 0 Å². The van der Waals surface area contributed by atoms with E-state index in [0.29, 0.717) is 25.9 Å². The SMILES string of the molecule is Cc1cc2ncc3cc(-c4ccccc4)c(-c4ccc(CN5CCC(C(=O)N6CCC(O)CC6)CC5)cc4)nc3n2n1. The molecule has 7 rings (SSSR count). The van der Waals surface area contributed by atoms with Crippen molar-refractivity contribution in [1.29, 1.82) is 0 Å². The van der Waals surface area contributed by atoms with Crippen LogP contribution in [0.15, 0.2) is 72.9 Å². The van der Waals surface area contributed by atoms with Gasteiger partial charge >= 0.3 is 0 Å². The molecule has 5 aromatic rings. The topological polar surface area (TPSA) is 86.9 Å². The first-order valence-corrected chi connectivity index (χ1v) is 15.0. The van der Waals surface area contributed by atoms with Crippen LogP contribution in [-0.2, 0) is 11.3 Å². The molecule has 214 valence electrons. The second kappa shape index (κ2) is 11.3. The van der Waals surface area contributed by atoms with Crippen molar-refractivity contribution < 1.29 is 9.90 Å². The van der Waals surface area contributed by atoms with Crippen molar-refractivity contribution in [3.05, 3.63) is 84.2 Å². The number of rotatable bonds is 5. The van der Waals surface area contributed by atoms with E-state index >= 15 is 0 Å². The van der Waals surface area contributed by atoms with Gasteiger partial charge in [-0.05, 0) is 62.9 Å². The van der Waals surface area contributed by atoms with Crippen LogP contribution in [0.4, 0.5) is 0 Å². The van der Waals surface area contributed by atoms with Gasteiger partial charge in [-0.25, -0.2) is 9.97 Å². The minimum Gasteiger partial charge on any atom is -0.393 e. The van der Waals surface area contributed by atoms with Crippen molar-refractivity contribution in [2.45, 2.75) is 45.3 Å². The van der Waals surface area contributed by atoms with Crippen LogP contribution in [-0.4, -0.2) is 72.7 Å². The molecule has 8 heteroatoms. The second-order valence-electron chi connectivity index (χ2n) is 11.8. The molecule has 2 saturated heterocycles. The van der Waals surface area contributed by atoms with Crippen molar-refractivity contribution in [2.24, 2.45) is 5.92 Å². The van der Waals surface area contributed by atoms with Crippen LogP contribution >= 0.6 is 0 Å². The third kappa shape index (κ3) is 5.28. The molecule has 2 aliphatic rings. The van der Waals surface area contributed by atoms with Crippen molar-refractivity contribution in [1.82, 2.24) is 29.4 Å². The van der Waals surface area contributed by atoms with Crippen LogP contribution in [0.5, 0.6) is 0 Å². The van der Waals surface area contributed by atoms with E-state index in [4.69, 9.17) is 4.98 Å². The van der Waals surface area contributed by atoms with Gasteiger partial charge in [0.15, 0.2) is 11.3 Å². The first kappa shape index (κ1) is 26.7. The summed E-state index contributed by atoms with van der Waals surface area (Å²) < 4.78 is 1.83. The van der Waals surface area contributed by atoms with Gasteiger partial charge in [-0.3, -0.25) is 9.69 Å². The third-order valence-corrected chi connectivity index (χ3v) is 8.81. The Kier molecular flexibility index (Phi) is 7.17. The normalized spacial score (nSPS) is 17.3. The number of benzene rings is 2. The molecule has 0 bridgehead atoms. The van der Waals surface area contributed by atoms with Gasteiger partial charge in [0.25, 0.3) is 0 Å². The van der Waals surface area contributed by atoms with E-state index in [1.165, 1.54) is 5.56 Å². The highest BCUT2D eigenvalue weighted by Gasteiger charge is 2.30. The number of hydrogen-bond donors (Lipinski definition) is 1. The zero-order valence-electron chi connectivity index (χ0n) is 24.0. The predicted octanol–water partition coefficient (Wildman–Crippen LogP) is 5.12. The Labute approximate surface area is 245 Å². The Morgan fingerprint density at radius 2 is 1.64 bits per heavy atom. The molecule has 0 saturated carbocycles. The van der Waals surface area contributed by atoms with E-state index in [2.05, 4.69) is 69.6 Å². The highest BCUT2D eigenvalue weighted by Crippen LogP contribution is 2.34. The number of aromatic nitrogens is 4. The summed E-state index contributed by atoms with van der Waals surface area (Å²) >= 11 is 0. The van der Waals surface area contributed by atoms with E-state index < -0.39 is 0 Å². The number of hydrogen-bond acceptors (Lipinski definition) is 6. The minimum absolute atomic E-state index is 0.106. The molecule has 3 aromatic heterocycles. The molecular formula is C34H36N6O2. The maximum absolute atomic E-state index is 13.0. The lowest BCUT2D eigenvalue weighted by atomic mass is 9.93. The van der Waals surface area contributed by atoms with Gasteiger partial charge in [0, 0.05) is 54.3 Å². The standard InChI is InChI=1S/C34H36N6O2/c1-23-19-31-35-21-28-20-30(25-5-3-2-4-6-25)32(36-33(28)40(31)37-23)26-9-7-24(8-10-26)22-38-15-11-27(12-16-38)34(42)39-17-13-29(41)14-18-39/h2-10,19-21,27,29,41H,11-18,22H2,1H3. The fourth-order valence-electron chi connectivity index (χ4n) is 6.42. The number of likely N-dealkylation sites (tertiary alicyclic amines) is 2. The Morgan fingerprint density at radius 1 is 0.905 bits per heavy atom. The summed E-state index contributed by atoms with van der Waals surface area (Å²) in [5.74, 6) is 0.385. The number of aliphatic hydroxyl groups is 1. The number of pyridine rings is 1. The van der Waals surface area contributed by atoms with Gasteiger partial charge in [0.1, 0.15) is 0 Å². The summed E-state index contributed by atoms with van der Waals surface area (Å²) in [4.78, 5) is 27.2. The summed E-state index contributed by atoms with van der Waals surface area (Å²) in [6.45, 7) is 6.06. The van der Waals surface area contributed by atoms with Crippen LogP contribution in [0, 0.1) is 12.8 Å². The van der Waals surface area contributed by atoms with Crippen LogP contribution in [0.1, 0.15) is 36.9 Å². The predicted molar refractivity (Wildman–Crippen MR) is 164 cm³/mol. The lowest BCUT2D eigenvalue weighted by molar-refractivity contribution is -0.139. The molecule has 5 heterocycles. The Hall–Kier alpha value is -4.14. The van der Waals surface area contributed by atoms with E-state index in [0.717, 1.165) is 77.2 Å². The lowest BCUT2D eigenvalue weighted by Crippen LogP contribution is -2.46. The van der Waals surface area contributed by atoms with Crippen LogP contribution in [0.2, 0.25) is 0 Å². The number of fused-ring (bicyclic) bond motifs is 3. The Balaban J connectivity index is 1.10. The van der Waals surface area contributed by atoms with Crippen molar-refractivity contribution in [3.8, 4) is 22.4 Å². The van der Waals surface area contributed by atoms with E-state index in [1.54, 1.807) is 0 Å². The van der Waals surface area contributed by atoms with Crippen LogP contribution < -0.4 is 0 Å². The van der Waals surface area contributed by atoms with Crippen LogP contribution in [0.3, 0.4) is 0 Å². The highest BCUT2D eigenvalue weighted by atomic mass is 16.3. The largest absolute Gasteiger partial charge is 0.393 e. The number of nitrogens with zero attached hydrogens (tertiary/aromatic N) is 6. The lowest BCUT2D eigenvalue weighted by Gasteiger charge is -2.36. The smallest absolute Gasteiger partial charge is 0.225 e. The summed E-state index contributed by atoms with van der Waals surface area (Å²) in [6, 6.07) is 23.3. The second-order valence-corrected chi connectivity index (χ2v) is 11.8. The molecule has 2 aliphatic heterocycles. The third-order valence-electron chi connectivity index (χ3n) is 8.81. The van der Waals surface area contributed by atoms with Gasteiger partial charge in [0.05, 0.1) is 17.5 Å². The number of amides is 1. The van der Waals surface area contributed by atoms with Crippen molar-refractivity contribution in [3.63, 3.8) is 0 Å². The fraction of sp³-hybridized carbons (Fsp3) is 0.353. The summed E-state index contributed by atoms with van der Waals surface area (Å²) in [5.41, 5.74) is 7.91. The molecule has 0 radical (unpaired) electrons. The molecular weight excluding hydrogens is 524 g/mol. The molecule has 2 aromatic carbocycles. The molecule has 0 spiro atoms. The van der Waals surface area contributed by atoms with E-state index in [9.17, 15) is 9.90 Å². The molecule has 8 nitrogen and oxygen atoms in total. The van der Waals surface area contributed by atoms with Crippen molar-refractivity contribution >= 4 is 22.6 Å². The molecule has 1 N–H and O–H groups in total. The quantitative estimate of drug-likeness (QED) is 0.321. The Bertz CT molecular complexity index is 1720. The summed E-state index contributed by atoms with van der Waals surface area (Å²) in [6.07, 6.45) is 4.82. The average Bonchev–Trinajstić information content (AvgIpc) is 3.42. The zero-order valence-corrected chi connectivity index (χ0v) is 24.0. The number of piperidine rings is 2. The average molecular weight is 561 g/mol.